The fraction of sp³-hybridized carbons (Fsp3) is 0.143. The lowest BCUT2D eigenvalue weighted by Gasteiger charge is -2.06. The van der Waals surface area contributed by atoms with Crippen molar-refractivity contribution in [1.82, 2.24) is 15.1 Å². The zero-order valence-corrected chi connectivity index (χ0v) is 10.8. The minimum Gasteiger partial charge on any atom is -0.339 e. The van der Waals surface area contributed by atoms with Crippen molar-refractivity contribution in [3.05, 3.63) is 48.2 Å². The summed E-state index contributed by atoms with van der Waals surface area (Å²) in [4.78, 5) is 20.2. The molecule has 0 saturated heterocycles. The summed E-state index contributed by atoms with van der Waals surface area (Å²) in [7, 11) is 0. The molecular formula is C14H12N4O2. The van der Waals surface area contributed by atoms with Crippen LogP contribution >= 0.6 is 0 Å². The molecule has 1 N–H and O–H groups in total. The highest BCUT2D eigenvalue weighted by Crippen LogP contribution is 2.20. The number of benzene rings is 1. The summed E-state index contributed by atoms with van der Waals surface area (Å²) in [6.07, 6.45) is 1.74. The van der Waals surface area contributed by atoms with Crippen molar-refractivity contribution in [2.45, 2.75) is 13.3 Å². The van der Waals surface area contributed by atoms with Gasteiger partial charge in [-0.3, -0.25) is 9.78 Å². The maximum atomic E-state index is 12.0. The number of fused-ring (bicyclic) bond motifs is 1. The lowest BCUT2D eigenvalue weighted by Crippen LogP contribution is -2.15. The molecule has 1 aromatic carbocycles. The summed E-state index contributed by atoms with van der Waals surface area (Å²) >= 11 is 0. The highest BCUT2D eigenvalue weighted by atomic mass is 16.5. The number of nitrogens with zero attached hydrogens (tertiary/aromatic N) is 3. The van der Waals surface area contributed by atoms with Crippen LogP contribution < -0.4 is 5.32 Å². The molecule has 0 aliphatic heterocycles. The zero-order valence-electron chi connectivity index (χ0n) is 10.8. The van der Waals surface area contributed by atoms with Crippen molar-refractivity contribution in [1.29, 1.82) is 0 Å². The second kappa shape index (κ2) is 5.08. The molecule has 100 valence electrons. The molecule has 0 bridgehead atoms. The number of carbonyl (C=O) groups is 1. The van der Waals surface area contributed by atoms with E-state index in [-0.39, 0.29) is 12.3 Å². The van der Waals surface area contributed by atoms with E-state index in [1.807, 2.05) is 30.3 Å². The Morgan fingerprint density at radius 1 is 1.30 bits per heavy atom. The van der Waals surface area contributed by atoms with Crippen molar-refractivity contribution in [3.63, 3.8) is 0 Å². The predicted octanol–water partition coefficient (Wildman–Crippen LogP) is 2.11. The monoisotopic (exact) mass is 268 g/mol. The van der Waals surface area contributed by atoms with Crippen LogP contribution in [0, 0.1) is 6.92 Å². The van der Waals surface area contributed by atoms with Gasteiger partial charge in [0.05, 0.1) is 11.2 Å². The number of pyridine rings is 1. The number of carbonyl (C=O) groups excluding carboxylic acids is 1. The third-order valence-electron chi connectivity index (χ3n) is 2.79. The van der Waals surface area contributed by atoms with Gasteiger partial charge in [0.1, 0.15) is 6.42 Å². The average Bonchev–Trinajstić information content (AvgIpc) is 2.84. The van der Waals surface area contributed by atoms with Gasteiger partial charge < -0.3 is 9.84 Å². The Balaban J connectivity index is 1.81. The van der Waals surface area contributed by atoms with Crippen LogP contribution in [0.5, 0.6) is 0 Å². The molecule has 0 fully saturated rings. The van der Waals surface area contributed by atoms with E-state index in [1.54, 1.807) is 13.1 Å². The molecule has 6 heteroatoms. The number of anilines is 1. The predicted molar refractivity (Wildman–Crippen MR) is 73.1 cm³/mol. The van der Waals surface area contributed by atoms with Crippen LogP contribution in [0.15, 0.2) is 41.1 Å². The summed E-state index contributed by atoms with van der Waals surface area (Å²) in [5.74, 6) is 0.597. The summed E-state index contributed by atoms with van der Waals surface area (Å²) in [5.41, 5.74) is 1.43. The summed E-state index contributed by atoms with van der Waals surface area (Å²) < 4.78 is 4.92. The van der Waals surface area contributed by atoms with Gasteiger partial charge in [0.25, 0.3) is 0 Å². The summed E-state index contributed by atoms with van der Waals surface area (Å²) in [5, 5.41) is 7.43. The molecule has 0 radical (unpaired) electrons. The molecule has 0 atom stereocenters. The largest absolute Gasteiger partial charge is 0.339 e. The Bertz CT molecular complexity index is 761. The fourth-order valence-electron chi connectivity index (χ4n) is 1.95. The van der Waals surface area contributed by atoms with Gasteiger partial charge in [0.15, 0.2) is 5.82 Å². The fourth-order valence-corrected chi connectivity index (χ4v) is 1.95. The molecule has 0 saturated carbocycles. The number of para-hydroxylation sites is 1. The number of hydrogen-bond donors (Lipinski definition) is 1. The van der Waals surface area contributed by atoms with Gasteiger partial charge in [-0.15, -0.1) is 0 Å². The zero-order chi connectivity index (χ0) is 13.9. The first-order valence-corrected chi connectivity index (χ1v) is 6.15. The number of amides is 1. The highest BCUT2D eigenvalue weighted by molar-refractivity contribution is 6.00. The number of aromatic nitrogens is 3. The Morgan fingerprint density at radius 2 is 2.15 bits per heavy atom. The average molecular weight is 268 g/mol. The Labute approximate surface area is 114 Å². The molecule has 6 nitrogen and oxygen atoms in total. The van der Waals surface area contributed by atoms with E-state index < -0.39 is 0 Å². The molecule has 1 amide bonds. The number of nitrogens with one attached hydrogen (secondary N) is 1. The summed E-state index contributed by atoms with van der Waals surface area (Å²) in [6, 6.07) is 9.43. The van der Waals surface area contributed by atoms with Crippen LogP contribution in [0.4, 0.5) is 5.69 Å². The molecule has 0 aliphatic carbocycles. The Hall–Kier alpha value is -2.76. The topological polar surface area (TPSA) is 80.9 Å². The molecule has 3 aromatic rings. The van der Waals surface area contributed by atoms with Crippen LogP contribution in [-0.2, 0) is 11.2 Å². The molecule has 20 heavy (non-hydrogen) atoms. The van der Waals surface area contributed by atoms with Crippen molar-refractivity contribution in [2.24, 2.45) is 0 Å². The lowest BCUT2D eigenvalue weighted by atomic mass is 10.2. The molecular weight excluding hydrogens is 256 g/mol. The second-order valence-corrected chi connectivity index (χ2v) is 4.34. The molecule has 0 aliphatic rings. The molecule has 2 heterocycles. The van der Waals surface area contributed by atoms with Crippen molar-refractivity contribution >= 4 is 22.5 Å². The minimum atomic E-state index is -0.216. The van der Waals surface area contributed by atoms with Crippen LogP contribution in [-0.4, -0.2) is 21.0 Å². The van der Waals surface area contributed by atoms with Crippen LogP contribution in [0.3, 0.4) is 0 Å². The van der Waals surface area contributed by atoms with Gasteiger partial charge >= 0.3 is 0 Å². The van der Waals surface area contributed by atoms with Crippen molar-refractivity contribution < 1.29 is 9.32 Å². The second-order valence-electron chi connectivity index (χ2n) is 4.34. The first-order chi connectivity index (χ1) is 9.72. The maximum absolute atomic E-state index is 12.0. The van der Waals surface area contributed by atoms with E-state index in [9.17, 15) is 4.79 Å². The van der Waals surface area contributed by atoms with Gasteiger partial charge in [-0.25, -0.2) is 0 Å². The first kappa shape index (κ1) is 12.3. The third kappa shape index (κ3) is 2.49. The van der Waals surface area contributed by atoms with E-state index in [0.717, 1.165) is 10.9 Å². The maximum Gasteiger partial charge on any atom is 0.236 e. The normalized spacial score (nSPS) is 10.7. The van der Waals surface area contributed by atoms with Crippen molar-refractivity contribution in [3.8, 4) is 0 Å². The third-order valence-corrected chi connectivity index (χ3v) is 2.79. The first-order valence-electron chi connectivity index (χ1n) is 6.15. The highest BCUT2D eigenvalue weighted by Gasteiger charge is 2.11. The molecule has 3 rings (SSSR count). The van der Waals surface area contributed by atoms with E-state index in [0.29, 0.717) is 17.4 Å². The molecule has 2 aromatic heterocycles. The van der Waals surface area contributed by atoms with Crippen molar-refractivity contribution in [2.75, 3.05) is 5.32 Å². The van der Waals surface area contributed by atoms with Gasteiger partial charge in [-0.1, -0.05) is 23.4 Å². The quantitative estimate of drug-likeness (QED) is 0.786. The standard InChI is InChI=1S/C14H12N4O2/c1-9-16-13(20-18-9)8-12(19)17-11-6-2-4-10-5-3-7-15-14(10)11/h2-7H,8H2,1H3,(H,17,19). The minimum absolute atomic E-state index is 0.0457. The van der Waals surface area contributed by atoms with Gasteiger partial charge in [-0.2, -0.15) is 4.98 Å². The Morgan fingerprint density at radius 3 is 2.95 bits per heavy atom. The Kier molecular flexibility index (Phi) is 3.12. The number of hydrogen-bond acceptors (Lipinski definition) is 5. The smallest absolute Gasteiger partial charge is 0.236 e. The lowest BCUT2D eigenvalue weighted by molar-refractivity contribution is -0.115. The number of aryl methyl sites for hydroxylation is 1. The SMILES string of the molecule is Cc1noc(CC(=O)Nc2cccc3cccnc23)n1. The van der Waals surface area contributed by atoms with E-state index in [1.165, 1.54) is 0 Å². The van der Waals surface area contributed by atoms with Crippen LogP contribution in [0.1, 0.15) is 11.7 Å². The molecule has 0 spiro atoms. The van der Waals surface area contributed by atoms with Gasteiger partial charge in [0, 0.05) is 11.6 Å². The van der Waals surface area contributed by atoms with Gasteiger partial charge in [-0.05, 0) is 19.1 Å². The number of rotatable bonds is 3. The van der Waals surface area contributed by atoms with E-state index in [2.05, 4.69) is 20.4 Å². The van der Waals surface area contributed by atoms with E-state index in [4.69, 9.17) is 4.52 Å². The van der Waals surface area contributed by atoms with Gasteiger partial charge in [0.2, 0.25) is 11.8 Å². The van der Waals surface area contributed by atoms with Crippen LogP contribution in [0.25, 0.3) is 10.9 Å². The molecule has 0 unspecified atom stereocenters. The van der Waals surface area contributed by atoms with E-state index >= 15 is 0 Å². The summed E-state index contributed by atoms with van der Waals surface area (Å²) in [6.45, 7) is 1.71. The van der Waals surface area contributed by atoms with Crippen LogP contribution in [0.2, 0.25) is 0 Å².